The van der Waals surface area contributed by atoms with E-state index in [0.29, 0.717) is 46.9 Å². The number of hydrogen-bond acceptors (Lipinski definition) is 5. The zero-order valence-corrected chi connectivity index (χ0v) is 17.0. The van der Waals surface area contributed by atoms with Crippen LogP contribution in [0.5, 0.6) is 0 Å². The fraction of sp³-hybridized carbons (Fsp3) is 0.524. The SMILES string of the molecule is Cc1nnc2c(NCCCCCC(=O)CC(C)(C)C)nc3ccc(F)cc3n12. The number of Topliss-reactive ketones (excluding diaryl/α,β-unsaturated/α-hetero) is 1. The number of unbranched alkanes of at least 4 members (excludes halogenated alkanes) is 2. The number of benzene rings is 1. The molecule has 1 aromatic carbocycles. The number of fused-ring (bicyclic) bond motifs is 3. The second kappa shape index (κ2) is 8.20. The lowest BCUT2D eigenvalue weighted by atomic mass is 9.88. The lowest BCUT2D eigenvalue weighted by Gasteiger charge is -2.16. The van der Waals surface area contributed by atoms with Crippen molar-refractivity contribution in [3.05, 3.63) is 29.8 Å². The molecule has 0 spiro atoms. The fourth-order valence-electron chi connectivity index (χ4n) is 3.37. The minimum atomic E-state index is -0.314. The quantitative estimate of drug-likeness (QED) is 0.569. The van der Waals surface area contributed by atoms with Crippen LogP contribution in [0, 0.1) is 18.2 Å². The molecule has 7 heteroatoms. The summed E-state index contributed by atoms with van der Waals surface area (Å²) in [5.41, 5.74) is 1.99. The highest BCUT2D eigenvalue weighted by Crippen LogP contribution is 2.23. The number of ketones is 1. The molecule has 0 atom stereocenters. The van der Waals surface area contributed by atoms with Crippen molar-refractivity contribution in [2.75, 3.05) is 11.9 Å². The van der Waals surface area contributed by atoms with Crippen molar-refractivity contribution in [2.45, 2.75) is 59.8 Å². The van der Waals surface area contributed by atoms with Crippen LogP contribution in [0.25, 0.3) is 16.7 Å². The van der Waals surface area contributed by atoms with E-state index in [4.69, 9.17) is 0 Å². The van der Waals surface area contributed by atoms with Gasteiger partial charge < -0.3 is 5.32 Å². The summed E-state index contributed by atoms with van der Waals surface area (Å²) in [5.74, 6) is 1.35. The van der Waals surface area contributed by atoms with E-state index in [-0.39, 0.29) is 11.2 Å². The van der Waals surface area contributed by atoms with Gasteiger partial charge in [0.05, 0.1) is 11.0 Å². The van der Waals surface area contributed by atoms with E-state index < -0.39 is 0 Å². The van der Waals surface area contributed by atoms with Crippen molar-refractivity contribution in [1.29, 1.82) is 0 Å². The van der Waals surface area contributed by atoms with Gasteiger partial charge in [-0.25, -0.2) is 9.37 Å². The molecule has 0 radical (unpaired) electrons. The highest BCUT2D eigenvalue weighted by molar-refractivity contribution is 5.83. The summed E-state index contributed by atoms with van der Waals surface area (Å²) in [5, 5.41) is 11.6. The number of carbonyl (C=O) groups is 1. The highest BCUT2D eigenvalue weighted by atomic mass is 19.1. The smallest absolute Gasteiger partial charge is 0.204 e. The Morgan fingerprint density at radius 1 is 1.18 bits per heavy atom. The summed E-state index contributed by atoms with van der Waals surface area (Å²) in [6, 6.07) is 4.51. The van der Waals surface area contributed by atoms with Gasteiger partial charge in [-0.15, -0.1) is 10.2 Å². The Bertz CT molecular complexity index is 990. The average Bonchev–Trinajstić information content (AvgIpc) is 2.99. The van der Waals surface area contributed by atoms with Gasteiger partial charge in [-0.2, -0.15) is 0 Å². The van der Waals surface area contributed by atoms with Crippen molar-refractivity contribution >= 4 is 28.3 Å². The van der Waals surface area contributed by atoms with E-state index in [1.807, 2.05) is 11.3 Å². The van der Waals surface area contributed by atoms with E-state index in [2.05, 4.69) is 41.3 Å². The van der Waals surface area contributed by atoms with Crippen molar-refractivity contribution < 1.29 is 9.18 Å². The van der Waals surface area contributed by atoms with Crippen LogP contribution in [0.4, 0.5) is 10.2 Å². The molecule has 2 heterocycles. The predicted molar refractivity (Wildman–Crippen MR) is 109 cm³/mol. The van der Waals surface area contributed by atoms with Crippen molar-refractivity contribution in [2.24, 2.45) is 5.41 Å². The number of anilines is 1. The second-order valence-corrected chi connectivity index (χ2v) is 8.51. The number of hydrogen-bond donors (Lipinski definition) is 1. The standard InChI is InChI=1S/C21H28FN5O/c1-14-25-26-20-19(24-17-10-9-15(22)12-18(17)27(14)20)23-11-7-5-6-8-16(28)13-21(2,3)4/h9-10,12H,5-8,11,13H2,1-4H3,(H,23,24). The molecule has 0 aliphatic rings. The van der Waals surface area contributed by atoms with Crippen molar-refractivity contribution in [3.8, 4) is 0 Å². The maximum Gasteiger partial charge on any atom is 0.204 e. The molecule has 0 amide bonds. The third-order valence-corrected chi connectivity index (χ3v) is 4.60. The molecule has 6 nitrogen and oxygen atoms in total. The fourth-order valence-corrected chi connectivity index (χ4v) is 3.37. The summed E-state index contributed by atoms with van der Waals surface area (Å²) < 4.78 is 15.5. The third-order valence-electron chi connectivity index (χ3n) is 4.60. The zero-order valence-electron chi connectivity index (χ0n) is 17.0. The van der Waals surface area contributed by atoms with Crippen LogP contribution in [-0.4, -0.2) is 31.9 Å². The van der Waals surface area contributed by atoms with Gasteiger partial charge in [0.2, 0.25) is 5.65 Å². The molecule has 0 fully saturated rings. The Balaban J connectivity index is 1.59. The van der Waals surface area contributed by atoms with E-state index in [0.717, 1.165) is 25.8 Å². The molecule has 0 aliphatic heterocycles. The van der Waals surface area contributed by atoms with Gasteiger partial charge in [-0.3, -0.25) is 9.20 Å². The van der Waals surface area contributed by atoms with Gasteiger partial charge in [0.25, 0.3) is 0 Å². The van der Waals surface area contributed by atoms with Crippen LogP contribution in [0.1, 0.15) is 58.7 Å². The Labute approximate surface area is 164 Å². The molecular formula is C21H28FN5O. The second-order valence-electron chi connectivity index (χ2n) is 8.51. The van der Waals surface area contributed by atoms with E-state index in [1.165, 1.54) is 12.1 Å². The normalized spacial score (nSPS) is 12.0. The average molecular weight is 385 g/mol. The topological polar surface area (TPSA) is 72.2 Å². The molecule has 0 unspecified atom stereocenters. The van der Waals surface area contributed by atoms with Gasteiger partial charge in [0.15, 0.2) is 5.82 Å². The van der Waals surface area contributed by atoms with Gasteiger partial charge in [0.1, 0.15) is 17.4 Å². The monoisotopic (exact) mass is 385 g/mol. The first-order valence-electron chi connectivity index (χ1n) is 9.81. The van der Waals surface area contributed by atoms with E-state index in [1.54, 1.807) is 6.07 Å². The van der Waals surface area contributed by atoms with E-state index >= 15 is 0 Å². The Morgan fingerprint density at radius 3 is 2.71 bits per heavy atom. The van der Waals surface area contributed by atoms with Crippen molar-refractivity contribution in [3.63, 3.8) is 0 Å². The number of halogens is 1. The number of aryl methyl sites for hydroxylation is 1. The van der Waals surface area contributed by atoms with Gasteiger partial charge >= 0.3 is 0 Å². The van der Waals surface area contributed by atoms with Crippen LogP contribution in [0.15, 0.2) is 18.2 Å². The first kappa shape index (κ1) is 20.2. The van der Waals surface area contributed by atoms with Crippen LogP contribution >= 0.6 is 0 Å². The molecule has 0 saturated heterocycles. The van der Waals surface area contributed by atoms with Crippen molar-refractivity contribution in [1.82, 2.24) is 19.6 Å². The van der Waals surface area contributed by atoms with Crippen LogP contribution < -0.4 is 5.32 Å². The number of rotatable bonds is 8. The molecule has 28 heavy (non-hydrogen) atoms. The zero-order chi connectivity index (χ0) is 20.3. The summed E-state index contributed by atoms with van der Waals surface area (Å²) in [6.45, 7) is 8.84. The van der Waals surface area contributed by atoms with Crippen LogP contribution in [0.2, 0.25) is 0 Å². The Kier molecular flexibility index (Phi) is 5.91. The molecule has 0 bridgehead atoms. The third kappa shape index (κ3) is 4.82. The first-order chi connectivity index (χ1) is 13.2. The minimum Gasteiger partial charge on any atom is -0.367 e. The molecule has 0 saturated carbocycles. The number of nitrogens with zero attached hydrogens (tertiary/aromatic N) is 4. The number of nitrogens with one attached hydrogen (secondary N) is 1. The molecular weight excluding hydrogens is 357 g/mol. The summed E-state index contributed by atoms with van der Waals surface area (Å²) in [4.78, 5) is 16.5. The van der Waals surface area contributed by atoms with Crippen LogP contribution in [0.3, 0.4) is 0 Å². The molecule has 0 aliphatic carbocycles. The number of carbonyl (C=O) groups excluding carboxylic acids is 1. The lowest BCUT2D eigenvalue weighted by Crippen LogP contribution is -2.12. The molecule has 3 rings (SSSR count). The first-order valence-corrected chi connectivity index (χ1v) is 9.81. The predicted octanol–water partition coefficient (Wildman–Crippen LogP) is 4.70. The highest BCUT2D eigenvalue weighted by Gasteiger charge is 2.16. The minimum absolute atomic E-state index is 0.0606. The maximum absolute atomic E-state index is 13.7. The van der Waals surface area contributed by atoms with Crippen LogP contribution in [-0.2, 0) is 4.79 Å². The molecule has 150 valence electrons. The largest absolute Gasteiger partial charge is 0.367 e. The summed E-state index contributed by atoms with van der Waals surface area (Å²) in [6.07, 6.45) is 4.09. The number of aromatic nitrogens is 4. The van der Waals surface area contributed by atoms with Gasteiger partial charge in [0, 0.05) is 25.5 Å². The molecule has 3 aromatic rings. The molecule has 2 aromatic heterocycles. The summed E-state index contributed by atoms with van der Waals surface area (Å²) >= 11 is 0. The van der Waals surface area contributed by atoms with Gasteiger partial charge in [-0.1, -0.05) is 27.2 Å². The lowest BCUT2D eigenvalue weighted by molar-refractivity contribution is -0.120. The Morgan fingerprint density at radius 2 is 1.96 bits per heavy atom. The van der Waals surface area contributed by atoms with Gasteiger partial charge in [-0.05, 0) is 37.3 Å². The summed E-state index contributed by atoms with van der Waals surface area (Å²) in [7, 11) is 0. The maximum atomic E-state index is 13.7. The molecule has 1 N–H and O–H groups in total. The Hall–Kier alpha value is -2.57. The van der Waals surface area contributed by atoms with E-state index in [9.17, 15) is 9.18 Å².